The van der Waals surface area contributed by atoms with Gasteiger partial charge in [0.1, 0.15) is 18.5 Å². The van der Waals surface area contributed by atoms with E-state index in [9.17, 15) is 5.11 Å². The summed E-state index contributed by atoms with van der Waals surface area (Å²) in [5.41, 5.74) is 1.11. The molecule has 0 bridgehead atoms. The van der Waals surface area contributed by atoms with Gasteiger partial charge in [-0.05, 0) is 50.4 Å². The van der Waals surface area contributed by atoms with E-state index in [1.807, 2.05) is 31.2 Å². The maximum atomic E-state index is 10.1. The Morgan fingerprint density at radius 2 is 1.95 bits per heavy atom. The fraction of sp³-hybridized carbons (Fsp3) is 0.625. The first-order valence-corrected chi connectivity index (χ1v) is 7.24. The number of β-amino-alcohol motifs (C(OH)–C–C–N with tert-alkyl or cyclic N) is 1. The Hall–Kier alpha value is -0.770. The standard InChI is InChI=1S/C16H25NO2.ClH/c1-13-7-9-17(10-8-13)11-15(18)12-19-16-6-4-3-5-14(16)2;/h3-6,13,15,18H,7-12H2,1-2H3;1H/p-1. The summed E-state index contributed by atoms with van der Waals surface area (Å²) in [6.07, 6.45) is 2.07. The van der Waals surface area contributed by atoms with Crippen LogP contribution in [0.1, 0.15) is 25.3 Å². The number of benzene rings is 1. The van der Waals surface area contributed by atoms with E-state index < -0.39 is 6.10 Å². The molecule has 0 aliphatic carbocycles. The van der Waals surface area contributed by atoms with Crippen molar-refractivity contribution in [1.82, 2.24) is 4.90 Å². The van der Waals surface area contributed by atoms with Crippen LogP contribution in [0.5, 0.6) is 5.75 Å². The van der Waals surface area contributed by atoms with Gasteiger partial charge in [-0.3, -0.25) is 0 Å². The zero-order valence-electron chi connectivity index (χ0n) is 12.4. The predicted molar refractivity (Wildman–Crippen MR) is 77.5 cm³/mol. The molecule has 1 fully saturated rings. The summed E-state index contributed by atoms with van der Waals surface area (Å²) < 4.78 is 5.68. The quantitative estimate of drug-likeness (QED) is 0.793. The van der Waals surface area contributed by atoms with Gasteiger partial charge >= 0.3 is 0 Å². The molecule has 114 valence electrons. The first kappa shape index (κ1) is 17.3. The van der Waals surface area contributed by atoms with Crippen molar-refractivity contribution in [3.63, 3.8) is 0 Å². The minimum atomic E-state index is -0.409. The molecule has 1 atom stereocenters. The fourth-order valence-corrected chi connectivity index (χ4v) is 2.50. The van der Waals surface area contributed by atoms with E-state index in [1.165, 1.54) is 12.8 Å². The summed E-state index contributed by atoms with van der Waals surface area (Å²) >= 11 is 0. The topological polar surface area (TPSA) is 32.7 Å². The van der Waals surface area contributed by atoms with Crippen molar-refractivity contribution in [2.45, 2.75) is 32.8 Å². The summed E-state index contributed by atoms with van der Waals surface area (Å²) in [7, 11) is 0. The summed E-state index contributed by atoms with van der Waals surface area (Å²) in [5.74, 6) is 1.70. The minimum Gasteiger partial charge on any atom is -1.00 e. The van der Waals surface area contributed by atoms with Gasteiger partial charge < -0.3 is 27.2 Å². The molecule has 4 heteroatoms. The van der Waals surface area contributed by atoms with E-state index in [0.29, 0.717) is 6.61 Å². The van der Waals surface area contributed by atoms with Crippen molar-refractivity contribution in [2.75, 3.05) is 26.2 Å². The maximum absolute atomic E-state index is 10.1. The Morgan fingerprint density at radius 1 is 1.30 bits per heavy atom. The number of ether oxygens (including phenoxy) is 1. The van der Waals surface area contributed by atoms with E-state index in [-0.39, 0.29) is 12.4 Å². The molecule has 0 amide bonds. The lowest BCUT2D eigenvalue weighted by molar-refractivity contribution is -0.00000633. The highest BCUT2D eigenvalue weighted by Crippen LogP contribution is 2.18. The number of nitrogens with zero attached hydrogens (tertiary/aromatic N) is 1. The Labute approximate surface area is 128 Å². The van der Waals surface area contributed by atoms with Crippen LogP contribution in [0.25, 0.3) is 0 Å². The number of aliphatic hydroxyl groups excluding tert-OH is 1. The third-order valence-electron chi connectivity index (χ3n) is 3.87. The van der Waals surface area contributed by atoms with Crippen LogP contribution in [-0.2, 0) is 0 Å². The highest BCUT2D eigenvalue weighted by Gasteiger charge is 2.18. The fourth-order valence-electron chi connectivity index (χ4n) is 2.50. The molecule has 1 aliphatic heterocycles. The monoisotopic (exact) mass is 298 g/mol. The third kappa shape index (κ3) is 5.31. The highest BCUT2D eigenvalue weighted by molar-refractivity contribution is 5.31. The smallest absolute Gasteiger partial charge is 0.122 e. The molecule has 3 nitrogen and oxygen atoms in total. The number of piperidine rings is 1. The maximum Gasteiger partial charge on any atom is 0.122 e. The summed E-state index contributed by atoms with van der Waals surface area (Å²) in [6, 6.07) is 7.92. The van der Waals surface area contributed by atoms with Gasteiger partial charge in [0.2, 0.25) is 0 Å². The lowest BCUT2D eigenvalue weighted by atomic mass is 9.99. The van der Waals surface area contributed by atoms with Crippen LogP contribution in [0.3, 0.4) is 0 Å². The Balaban J connectivity index is 0.00000200. The summed E-state index contributed by atoms with van der Waals surface area (Å²) in [4.78, 5) is 2.34. The number of para-hydroxylation sites is 1. The number of aliphatic hydroxyl groups is 1. The molecule has 2 rings (SSSR count). The van der Waals surface area contributed by atoms with Crippen molar-refractivity contribution in [1.29, 1.82) is 0 Å². The first-order chi connectivity index (χ1) is 9.15. The van der Waals surface area contributed by atoms with E-state index in [4.69, 9.17) is 4.74 Å². The molecule has 1 aromatic carbocycles. The van der Waals surface area contributed by atoms with Gasteiger partial charge in [0.05, 0.1) is 0 Å². The second-order valence-corrected chi connectivity index (χ2v) is 5.71. The average Bonchev–Trinajstić information content (AvgIpc) is 2.40. The average molecular weight is 299 g/mol. The zero-order valence-corrected chi connectivity index (χ0v) is 13.1. The second kappa shape index (κ2) is 8.50. The number of aryl methyl sites for hydroxylation is 1. The van der Waals surface area contributed by atoms with Crippen molar-refractivity contribution in [3.8, 4) is 5.75 Å². The minimum absolute atomic E-state index is 0. The SMILES string of the molecule is Cc1ccccc1OCC(O)CN1CCC(C)CC1.[Cl-]. The van der Waals surface area contributed by atoms with Crippen LogP contribution in [0.2, 0.25) is 0 Å². The normalized spacial score (nSPS) is 18.4. The van der Waals surface area contributed by atoms with E-state index in [1.54, 1.807) is 0 Å². The van der Waals surface area contributed by atoms with Crippen molar-refractivity contribution < 1.29 is 22.3 Å². The van der Waals surface area contributed by atoms with E-state index in [0.717, 1.165) is 36.9 Å². The zero-order chi connectivity index (χ0) is 13.7. The molecule has 0 aromatic heterocycles. The van der Waals surface area contributed by atoms with Gasteiger partial charge in [-0.2, -0.15) is 0 Å². The number of rotatable bonds is 5. The molecule has 1 saturated heterocycles. The first-order valence-electron chi connectivity index (χ1n) is 7.24. The van der Waals surface area contributed by atoms with Gasteiger partial charge in [0.15, 0.2) is 0 Å². The van der Waals surface area contributed by atoms with Gasteiger partial charge in [-0.25, -0.2) is 0 Å². The van der Waals surface area contributed by atoms with Crippen LogP contribution < -0.4 is 17.1 Å². The highest BCUT2D eigenvalue weighted by atomic mass is 35.5. The van der Waals surface area contributed by atoms with E-state index >= 15 is 0 Å². The molecule has 1 heterocycles. The van der Waals surface area contributed by atoms with E-state index in [2.05, 4.69) is 11.8 Å². The largest absolute Gasteiger partial charge is 1.00 e. The molecule has 0 spiro atoms. The van der Waals surface area contributed by atoms with Gasteiger partial charge in [0, 0.05) is 6.54 Å². The summed E-state index contributed by atoms with van der Waals surface area (Å²) in [5, 5.41) is 10.1. The van der Waals surface area contributed by atoms with Crippen LogP contribution in [0, 0.1) is 12.8 Å². The molecular formula is C16H25ClNO2-. The predicted octanol–water partition coefficient (Wildman–Crippen LogP) is -0.529. The molecular weight excluding hydrogens is 274 g/mol. The third-order valence-corrected chi connectivity index (χ3v) is 3.87. The number of hydrogen-bond donors (Lipinski definition) is 1. The van der Waals surface area contributed by atoms with Crippen LogP contribution >= 0.6 is 0 Å². The molecule has 1 aliphatic rings. The van der Waals surface area contributed by atoms with Gasteiger partial charge in [-0.1, -0.05) is 25.1 Å². The number of halogens is 1. The lowest BCUT2D eigenvalue weighted by Gasteiger charge is -2.31. The Morgan fingerprint density at radius 3 is 2.60 bits per heavy atom. The molecule has 20 heavy (non-hydrogen) atoms. The van der Waals surface area contributed by atoms with Crippen LogP contribution in [0.15, 0.2) is 24.3 Å². The van der Waals surface area contributed by atoms with Gasteiger partial charge in [-0.15, -0.1) is 0 Å². The second-order valence-electron chi connectivity index (χ2n) is 5.71. The molecule has 1 aromatic rings. The lowest BCUT2D eigenvalue weighted by Crippen LogP contribution is -3.00. The molecule has 1 N–H and O–H groups in total. The number of hydrogen-bond acceptors (Lipinski definition) is 3. The Bertz CT molecular complexity index is 392. The molecule has 0 saturated carbocycles. The van der Waals surface area contributed by atoms with Crippen molar-refractivity contribution in [2.24, 2.45) is 5.92 Å². The van der Waals surface area contributed by atoms with Gasteiger partial charge in [0.25, 0.3) is 0 Å². The molecule has 0 radical (unpaired) electrons. The number of likely N-dealkylation sites (tertiary alicyclic amines) is 1. The summed E-state index contributed by atoms with van der Waals surface area (Å²) in [6.45, 7) is 7.61. The Kier molecular flexibility index (Phi) is 7.35. The molecule has 1 unspecified atom stereocenters. The van der Waals surface area contributed by atoms with Crippen LogP contribution in [-0.4, -0.2) is 42.4 Å². The van der Waals surface area contributed by atoms with Crippen molar-refractivity contribution in [3.05, 3.63) is 29.8 Å². The van der Waals surface area contributed by atoms with Crippen molar-refractivity contribution >= 4 is 0 Å². The van der Waals surface area contributed by atoms with Crippen LogP contribution in [0.4, 0.5) is 0 Å².